The lowest BCUT2D eigenvalue weighted by atomic mass is 9.93. The van der Waals surface area contributed by atoms with Crippen LogP contribution in [0.1, 0.15) is 43.1 Å². The molecule has 0 aliphatic carbocycles. The van der Waals surface area contributed by atoms with Crippen LogP contribution in [0.25, 0.3) is 0 Å². The van der Waals surface area contributed by atoms with Crippen LogP contribution in [0, 0.1) is 0 Å². The number of nitrogens with zero attached hydrogens (tertiary/aromatic N) is 1. The van der Waals surface area contributed by atoms with E-state index in [1.165, 1.54) is 0 Å². The number of benzene rings is 1. The summed E-state index contributed by atoms with van der Waals surface area (Å²) in [6.45, 7) is 6.53. The van der Waals surface area contributed by atoms with Crippen molar-refractivity contribution in [2.75, 3.05) is 7.05 Å². The van der Waals surface area contributed by atoms with Crippen molar-refractivity contribution < 1.29 is 0 Å². The van der Waals surface area contributed by atoms with Crippen LogP contribution in [0.15, 0.2) is 28.1 Å². The molecule has 2 rings (SSSR count). The molecule has 2 aromatic rings. The third-order valence-electron chi connectivity index (χ3n) is 3.10. The number of hydrogen-bond acceptors (Lipinski definition) is 3. The zero-order valence-electron chi connectivity index (χ0n) is 12.0. The maximum atomic E-state index is 6.19. The van der Waals surface area contributed by atoms with Crippen molar-refractivity contribution in [3.05, 3.63) is 49.3 Å². The molecule has 0 saturated carbocycles. The molecule has 1 aromatic heterocycles. The first kappa shape index (κ1) is 16.0. The van der Waals surface area contributed by atoms with Crippen molar-refractivity contribution in [2.24, 2.45) is 0 Å². The summed E-state index contributed by atoms with van der Waals surface area (Å²) in [4.78, 5) is 4.78. The van der Waals surface area contributed by atoms with Gasteiger partial charge in [0.05, 0.1) is 16.8 Å². The maximum absolute atomic E-state index is 6.19. The Morgan fingerprint density at radius 1 is 1.35 bits per heavy atom. The van der Waals surface area contributed by atoms with Gasteiger partial charge in [0.2, 0.25) is 0 Å². The van der Waals surface area contributed by atoms with Gasteiger partial charge in [-0.1, -0.05) is 38.4 Å². The van der Waals surface area contributed by atoms with E-state index in [-0.39, 0.29) is 11.5 Å². The van der Waals surface area contributed by atoms with E-state index in [4.69, 9.17) is 16.6 Å². The molecule has 1 unspecified atom stereocenters. The van der Waals surface area contributed by atoms with E-state index >= 15 is 0 Å². The third kappa shape index (κ3) is 3.42. The molecule has 5 heteroatoms. The molecule has 1 heterocycles. The Labute approximate surface area is 137 Å². The summed E-state index contributed by atoms with van der Waals surface area (Å²) in [7, 11) is 1.94. The fourth-order valence-electron chi connectivity index (χ4n) is 1.89. The minimum Gasteiger partial charge on any atom is -0.307 e. The number of hydrogen-bond donors (Lipinski definition) is 1. The van der Waals surface area contributed by atoms with Crippen molar-refractivity contribution in [2.45, 2.75) is 32.2 Å². The Morgan fingerprint density at radius 3 is 2.55 bits per heavy atom. The summed E-state index contributed by atoms with van der Waals surface area (Å²) in [6, 6.07) is 6.09. The molecule has 0 spiro atoms. The molecule has 2 nitrogen and oxygen atoms in total. The highest BCUT2D eigenvalue weighted by molar-refractivity contribution is 9.10. The minimum atomic E-state index is 0.0710. The predicted molar refractivity (Wildman–Crippen MR) is 90.9 cm³/mol. The van der Waals surface area contributed by atoms with Crippen molar-refractivity contribution in [3.63, 3.8) is 0 Å². The van der Waals surface area contributed by atoms with Crippen LogP contribution < -0.4 is 5.32 Å². The molecule has 0 amide bonds. The van der Waals surface area contributed by atoms with Gasteiger partial charge in [0.15, 0.2) is 0 Å². The van der Waals surface area contributed by atoms with Gasteiger partial charge in [-0.3, -0.25) is 0 Å². The lowest BCUT2D eigenvalue weighted by molar-refractivity contribution is 0.566. The molecule has 20 heavy (non-hydrogen) atoms. The molecule has 0 fully saturated rings. The van der Waals surface area contributed by atoms with E-state index < -0.39 is 0 Å². The molecular weight excluding hydrogens is 356 g/mol. The van der Waals surface area contributed by atoms with E-state index in [2.05, 4.69) is 53.5 Å². The van der Waals surface area contributed by atoms with Crippen LogP contribution in [-0.2, 0) is 5.41 Å². The molecule has 1 atom stereocenters. The molecule has 108 valence electrons. The van der Waals surface area contributed by atoms with Crippen molar-refractivity contribution in [3.8, 4) is 0 Å². The second-order valence-electron chi connectivity index (χ2n) is 5.72. The molecule has 0 radical (unpaired) electrons. The van der Waals surface area contributed by atoms with Crippen LogP contribution >= 0.6 is 38.9 Å². The molecule has 0 aliphatic heterocycles. The first-order chi connectivity index (χ1) is 9.32. The van der Waals surface area contributed by atoms with Crippen LogP contribution in [-0.4, -0.2) is 12.0 Å². The lowest BCUT2D eigenvalue weighted by Gasteiger charge is -2.17. The third-order valence-corrected chi connectivity index (χ3v) is 5.25. The second-order valence-corrected chi connectivity index (χ2v) is 7.87. The van der Waals surface area contributed by atoms with Gasteiger partial charge in [0.25, 0.3) is 0 Å². The quantitative estimate of drug-likeness (QED) is 0.803. The number of thiazole rings is 1. The van der Waals surface area contributed by atoms with Gasteiger partial charge >= 0.3 is 0 Å². The Bertz CT molecular complexity index is 604. The van der Waals surface area contributed by atoms with Crippen LogP contribution in [0.5, 0.6) is 0 Å². The molecule has 1 N–H and O–H groups in total. The molecule has 0 saturated heterocycles. The number of rotatable bonds is 3. The zero-order chi connectivity index (χ0) is 14.9. The summed E-state index contributed by atoms with van der Waals surface area (Å²) >= 11 is 11.3. The van der Waals surface area contributed by atoms with E-state index in [0.717, 1.165) is 25.8 Å². The topological polar surface area (TPSA) is 24.9 Å². The van der Waals surface area contributed by atoms with Crippen molar-refractivity contribution in [1.29, 1.82) is 0 Å². The monoisotopic (exact) mass is 372 g/mol. The first-order valence-corrected chi connectivity index (χ1v) is 8.46. The normalized spacial score (nSPS) is 13.5. The van der Waals surface area contributed by atoms with E-state index in [9.17, 15) is 0 Å². The molecule has 0 aliphatic rings. The Balaban J connectivity index is 2.37. The maximum Gasteiger partial charge on any atom is 0.114 e. The average Bonchev–Trinajstić information content (AvgIpc) is 2.84. The first-order valence-electron chi connectivity index (χ1n) is 6.41. The highest BCUT2D eigenvalue weighted by atomic mass is 79.9. The second kappa shape index (κ2) is 6.14. The lowest BCUT2D eigenvalue weighted by Crippen LogP contribution is -2.18. The van der Waals surface area contributed by atoms with Gasteiger partial charge in [-0.05, 0) is 40.7 Å². The number of aromatic nitrogens is 1. The highest BCUT2D eigenvalue weighted by Crippen LogP contribution is 2.32. The van der Waals surface area contributed by atoms with Gasteiger partial charge in [-0.25, -0.2) is 4.98 Å². The Kier molecular flexibility index (Phi) is 4.90. The Morgan fingerprint density at radius 2 is 2.05 bits per heavy atom. The smallest absolute Gasteiger partial charge is 0.114 e. The molecule has 0 bridgehead atoms. The van der Waals surface area contributed by atoms with Crippen molar-refractivity contribution in [1.82, 2.24) is 10.3 Å². The van der Waals surface area contributed by atoms with Crippen molar-refractivity contribution >= 4 is 38.9 Å². The van der Waals surface area contributed by atoms with Crippen LogP contribution in [0.2, 0.25) is 5.02 Å². The fourth-order valence-corrected chi connectivity index (χ4v) is 3.50. The van der Waals surface area contributed by atoms with Gasteiger partial charge < -0.3 is 5.32 Å². The summed E-state index contributed by atoms with van der Waals surface area (Å²) in [5.74, 6) is 0. The number of halogens is 2. The minimum absolute atomic E-state index is 0.0710. The van der Waals surface area contributed by atoms with Crippen LogP contribution in [0.4, 0.5) is 0 Å². The Hall–Kier alpha value is -0.420. The van der Waals surface area contributed by atoms with Gasteiger partial charge in [0, 0.05) is 15.3 Å². The summed E-state index contributed by atoms with van der Waals surface area (Å²) < 4.78 is 0.910. The van der Waals surface area contributed by atoms with Crippen LogP contribution in [0.3, 0.4) is 0 Å². The standard InChI is InChI=1S/C15H18BrClN2S/c1-15(2,3)12-8-20-14(19-12)13(18-4)9-5-6-10(16)11(17)7-9/h5-8,13,18H,1-4H3. The van der Waals surface area contributed by atoms with Gasteiger partial charge in [-0.2, -0.15) is 0 Å². The number of nitrogens with one attached hydrogen (secondary N) is 1. The van der Waals surface area contributed by atoms with Gasteiger partial charge in [-0.15, -0.1) is 11.3 Å². The van der Waals surface area contributed by atoms with E-state index in [0.29, 0.717) is 0 Å². The summed E-state index contributed by atoms with van der Waals surface area (Å²) in [5.41, 5.74) is 2.32. The van der Waals surface area contributed by atoms with E-state index in [1.807, 2.05) is 19.2 Å². The largest absolute Gasteiger partial charge is 0.307 e. The zero-order valence-corrected chi connectivity index (χ0v) is 15.2. The SMILES string of the molecule is CNC(c1ccc(Br)c(Cl)c1)c1nc(C(C)(C)C)cs1. The predicted octanol–water partition coefficient (Wildman–Crippen LogP) is 5.17. The highest BCUT2D eigenvalue weighted by Gasteiger charge is 2.22. The summed E-state index contributed by atoms with van der Waals surface area (Å²) in [5, 5.41) is 7.24. The molecular formula is C15H18BrClN2S. The summed E-state index contributed by atoms with van der Waals surface area (Å²) in [6.07, 6.45) is 0. The average molecular weight is 374 g/mol. The fraction of sp³-hybridized carbons (Fsp3) is 0.400. The van der Waals surface area contributed by atoms with E-state index in [1.54, 1.807) is 11.3 Å². The van der Waals surface area contributed by atoms with Gasteiger partial charge in [0.1, 0.15) is 5.01 Å². The molecule has 1 aromatic carbocycles.